The molecule has 0 aromatic heterocycles. The third kappa shape index (κ3) is 4.45. The van der Waals surface area contributed by atoms with E-state index in [1.807, 2.05) is 0 Å². The number of carboxylic acids is 1. The number of aliphatic carboxylic acids is 1. The second kappa shape index (κ2) is 8.56. The Morgan fingerprint density at radius 1 is 1.13 bits per heavy atom. The van der Waals surface area contributed by atoms with Crippen molar-refractivity contribution in [3.63, 3.8) is 0 Å². The summed E-state index contributed by atoms with van der Waals surface area (Å²) in [5.74, 6) is -2.90. The highest BCUT2D eigenvalue weighted by atomic mass is 35.5. The monoisotopic (exact) mass is 448 g/mol. The molecule has 1 saturated heterocycles. The Bertz CT molecular complexity index is 1110. The molecule has 1 fully saturated rings. The van der Waals surface area contributed by atoms with Gasteiger partial charge in [-0.1, -0.05) is 29.3 Å². The number of nitrogens with one attached hydrogen (secondary N) is 1. The number of carbonyl (C=O) groups is 4. The lowest BCUT2D eigenvalue weighted by atomic mass is 10.0. The van der Waals surface area contributed by atoms with Gasteiger partial charge >= 0.3 is 12.0 Å². The van der Waals surface area contributed by atoms with Gasteiger partial charge in [0.25, 0.3) is 11.8 Å². The molecule has 3 rings (SSSR count). The number of amides is 4. The van der Waals surface area contributed by atoms with Gasteiger partial charge in [0.1, 0.15) is 11.3 Å². The van der Waals surface area contributed by atoms with Crippen LogP contribution in [0.3, 0.4) is 0 Å². The molecule has 2 aromatic rings. The van der Waals surface area contributed by atoms with Crippen molar-refractivity contribution in [2.45, 2.75) is 6.92 Å². The van der Waals surface area contributed by atoms with E-state index in [1.54, 1.807) is 19.1 Å². The number of halogens is 2. The number of barbiturate groups is 1. The van der Waals surface area contributed by atoms with Gasteiger partial charge in [-0.2, -0.15) is 0 Å². The predicted molar refractivity (Wildman–Crippen MR) is 110 cm³/mol. The fourth-order valence-corrected chi connectivity index (χ4v) is 3.11. The molecule has 0 spiro atoms. The molecule has 0 bridgehead atoms. The van der Waals surface area contributed by atoms with Crippen LogP contribution in [0.25, 0.3) is 6.08 Å². The molecule has 10 heteroatoms. The van der Waals surface area contributed by atoms with Crippen LogP contribution in [0.5, 0.6) is 5.75 Å². The zero-order valence-corrected chi connectivity index (χ0v) is 17.0. The summed E-state index contributed by atoms with van der Waals surface area (Å²) in [6.07, 6.45) is 1.18. The Morgan fingerprint density at radius 3 is 2.50 bits per heavy atom. The van der Waals surface area contributed by atoms with Crippen molar-refractivity contribution in [2.24, 2.45) is 0 Å². The fraction of sp³-hybridized carbons (Fsp3) is 0.100. The summed E-state index contributed by atoms with van der Waals surface area (Å²) in [7, 11) is 0. The Kier molecular flexibility index (Phi) is 6.09. The van der Waals surface area contributed by atoms with Gasteiger partial charge in [0, 0.05) is 15.6 Å². The van der Waals surface area contributed by atoms with Gasteiger partial charge in [-0.25, -0.2) is 14.5 Å². The van der Waals surface area contributed by atoms with Crippen molar-refractivity contribution < 1.29 is 29.0 Å². The van der Waals surface area contributed by atoms with Crippen LogP contribution in [0.2, 0.25) is 10.0 Å². The summed E-state index contributed by atoms with van der Waals surface area (Å²) in [6, 6.07) is 8.03. The summed E-state index contributed by atoms with van der Waals surface area (Å²) < 4.78 is 5.19. The molecule has 0 atom stereocenters. The predicted octanol–water partition coefficient (Wildman–Crippen LogP) is 3.43. The first kappa shape index (κ1) is 21.4. The smallest absolute Gasteiger partial charge is 0.341 e. The van der Waals surface area contributed by atoms with Gasteiger partial charge in [-0.3, -0.25) is 14.9 Å². The second-order valence-corrected chi connectivity index (χ2v) is 7.13. The molecule has 2 N–H and O–H groups in total. The summed E-state index contributed by atoms with van der Waals surface area (Å²) in [6.45, 7) is 1.05. The lowest BCUT2D eigenvalue weighted by molar-refractivity contribution is -0.139. The minimum atomic E-state index is -1.21. The summed E-state index contributed by atoms with van der Waals surface area (Å²) in [5, 5.41) is 11.5. The summed E-state index contributed by atoms with van der Waals surface area (Å²) in [4.78, 5) is 49.4. The Labute approximate surface area is 180 Å². The van der Waals surface area contributed by atoms with E-state index in [9.17, 15) is 19.2 Å². The summed E-state index contributed by atoms with van der Waals surface area (Å²) >= 11 is 12.0. The zero-order chi connectivity index (χ0) is 22.0. The minimum Gasteiger partial charge on any atom is -0.481 e. The number of hydrogen-bond acceptors (Lipinski definition) is 5. The number of urea groups is 1. The number of hydrogen-bond donors (Lipinski definition) is 2. The average Bonchev–Trinajstić information content (AvgIpc) is 2.67. The number of carbonyl (C=O) groups excluding carboxylic acids is 3. The van der Waals surface area contributed by atoms with Gasteiger partial charge in [-0.15, -0.1) is 0 Å². The van der Waals surface area contributed by atoms with E-state index in [2.05, 4.69) is 5.32 Å². The van der Waals surface area contributed by atoms with Gasteiger partial charge in [0.15, 0.2) is 6.61 Å². The molecule has 2 aromatic carbocycles. The SMILES string of the molecule is Cc1ccc(Cl)cc1N1C(=O)NC(=O)/C(=C\c2cc(Cl)ccc2OCC(=O)O)C1=O. The Hall–Kier alpha value is -3.36. The van der Waals surface area contributed by atoms with Crippen LogP contribution in [0, 0.1) is 6.92 Å². The van der Waals surface area contributed by atoms with Crippen molar-refractivity contribution in [1.29, 1.82) is 0 Å². The average molecular weight is 449 g/mol. The molecule has 0 aliphatic carbocycles. The van der Waals surface area contributed by atoms with Crippen LogP contribution in [-0.2, 0) is 14.4 Å². The van der Waals surface area contributed by atoms with E-state index in [4.69, 9.17) is 33.0 Å². The number of carboxylic acid groups (broad SMARTS) is 1. The largest absolute Gasteiger partial charge is 0.481 e. The van der Waals surface area contributed by atoms with Crippen molar-refractivity contribution in [3.05, 3.63) is 63.1 Å². The molecular weight excluding hydrogens is 435 g/mol. The molecule has 154 valence electrons. The van der Waals surface area contributed by atoms with Crippen molar-refractivity contribution in [2.75, 3.05) is 11.5 Å². The molecule has 0 radical (unpaired) electrons. The van der Waals surface area contributed by atoms with Gasteiger partial charge in [0.2, 0.25) is 0 Å². The number of rotatable bonds is 5. The van der Waals surface area contributed by atoms with Crippen LogP contribution in [0.1, 0.15) is 11.1 Å². The van der Waals surface area contributed by atoms with Crippen LogP contribution in [0.4, 0.5) is 10.5 Å². The van der Waals surface area contributed by atoms with Crippen molar-refractivity contribution >= 4 is 58.8 Å². The molecule has 1 aliphatic heterocycles. The van der Waals surface area contributed by atoms with E-state index in [1.165, 1.54) is 30.3 Å². The summed E-state index contributed by atoms with van der Waals surface area (Å²) in [5.41, 5.74) is 0.637. The van der Waals surface area contributed by atoms with Gasteiger partial charge < -0.3 is 9.84 Å². The number of anilines is 1. The number of nitrogens with zero attached hydrogens (tertiary/aromatic N) is 1. The first-order valence-corrected chi connectivity index (χ1v) is 9.24. The first-order chi connectivity index (χ1) is 14.2. The standard InChI is InChI=1S/C20H14Cl2N2O6/c1-10-2-3-13(22)8-15(10)24-19(28)14(18(27)23-20(24)29)7-11-6-12(21)4-5-16(11)30-9-17(25)26/h2-8H,9H2,1H3,(H,25,26)(H,23,27,29)/b14-7+. The van der Waals surface area contributed by atoms with E-state index in [0.29, 0.717) is 10.6 Å². The number of ether oxygens (including phenoxy) is 1. The molecule has 30 heavy (non-hydrogen) atoms. The maximum atomic E-state index is 13.0. The van der Waals surface area contributed by atoms with Crippen molar-refractivity contribution in [1.82, 2.24) is 5.32 Å². The maximum Gasteiger partial charge on any atom is 0.341 e. The van der Waals surface area contributed by atoms with Crippen LogP contribution in [-0.4, -0.2) is 35.5 Å². The number of aryl methyl sites for hydroxylation is 1. The highest BCUT2D eigenvalue weighted by Crippen LogP contribution is 2.30. The van der Waals surface area contributed by atoms with E-state index in [-0.39, 0.29) is 27.6 Å². The lowest BCUT2D eigenvalue weighted by Gasteiger charge is -2.27. The normalized spacial score (nSPS) is 15.4. The fourth-order valence-electron chi connectivity index (χ4n) is 2.76. The maximum absolute atomic E-state index is 13.0. The van der Waals surface area contributed by atoms with Crippen LogP contribution in [0.15, 0.2) is 42.0 Å². The molecular formula is C20H14Cl2N2O6. The van der Waals surface area contributed by atoms with Crippen LogP contribution >= 0.6 is 23.2 Å². The first-order valence-electron chi connectivity index (χ1n) is 8.49. The third-order valence-electron chi connectivity index (χ3n) is 4.14. The van der Waals surface area contributed by atoms with E-state index < -0.39 is 30.4 Å². The molecule has 0 unspecified atom stereocenters. The van der Waals surface area contributed by atoms with E-state index >= 15 is 0 Å². The topological polar surface area (TPSA) is 113 Å². The molecule has 4 amide bonds. The number of imide groups is 2. The number of benzene rings is 2. The quantitative estimate of drug-likeness (QED) is 0.534. The molecule has 8 nitrogen and oxygen atoms in total. The molecule has 0 saturated carbocycles. The van der Waals surface area contributed by atoms with Crippen LogP contribution < -0.4 is 15.0 Å². The van der Waals surface area contributed by atoms with Gasteiger partial charge in [0.05, 0.1) is 5.69 Å². The molecule has 1 heterocycles. The van der Waals surface area contributed by atoms with E-state index in [0.717, 1.165) is 4.90 Å². The third-order valence-corrected chi connectivity index (χ3v) is 4.61. The molecule has 1 aliphatic rings. The Balaban J connectivity index is 2.06. The Morgan fingerprint density at radius 2 is 1.80 bits per heavy atom. The van der Waals surface area contributed by atoms with Gasteiger partial charge in [-0.05, 0) is 48.9 Å². The lowest BCUT2D eigenvalue weighted by Crippen LogP contribution is -2.54. The minimum absolute atomic E-state index is 0.0947. The zero-order valence-electron chi connectivity index (χ0n) is 15.4. The van der Waals surface area contributed by atoms with Crippen molar-refractivity contribution in [3.8, 4) is 5.75 Å². The highest BCUT2D eigenvalue weighted by Gasteiger charge is 2.37. The second-order valence-electron chi connectivity index (χ2n) is 6.25. The highest BCUT2D eigenvalue weighted by molar-refractivity contribution is 6.40.